The summed E-state index contributed by atoms with van der Waals surface area (Å²) in [5, 5.41) is 0. The van der Waals surface area contributed by atoms with Crippen molar-refractivity contribution in [1.82, 2.24) is 14.4 Å². The molecule has 2 rings (SSSR count). The van der Waals surface area contributed by atoms with E-state index in [2.05, 4.69) is 9.97 Å². The molecule has 6 nitrogen and oxygen atoms in total. The van der Waals surface area contributed by atoms with Gasteiger partial charge in [-0.15, -0.1) is 0 Å². The Hall–Kier alpha value is -2.11. The molecular formula is C10H11N3O3. The van der Waals surface area contributed by atoms with Crippen molar-refractivity contribution in [3.8, 4) is 5.88 Å². The maximum absolute atomic E-state index is 11.6. The van der Waals surface area contributed by atoms with Gasteiger partial charge in [-0.05, 0) is 6.92 Å². The zero-order chi connectivity index (χ0) is 11.7. The van der Waals surface area contributed by atoms with E-state index in [-0.39, 0.29) is 0 Å². The molecule has 0 aliphatic carbocycles. The van der Waals surface area contributed by atoms with E-state index >= 15 is 0 Å². The van der Waals surface area contributed by atoms with Crippen LogP contribution in [-0.2, 0) is 4.74 Å². The Labute approximate surface area is 91.8 Å². The minimum atomic E-state index is -0.432. The molecular weight excluding hydrogens is 210 g/mol. The van der Waals surface area contributed by atoms with Gasteiger partial charge < -0.3 is 9.47 Å². The van der Waals surface area contributed by atoms with Crippen molar-refractivity contribution in [3.63, 3.8) is 0 Å². The summed E-state index contributed by atoms with van der Waals surface area (Å²) in [4.78, 5) is 19.8. The van der Waals surface area contributed by atoms with Gasteiger partial charge in [-0.2, -0.15) is 0 Å². The first-order valence-corrected chi connectivity index (χ1v) is 4.65. The Balaban J connectivity index is 2.76. The van der Waals surface area contributed by atoms with Gasteiger partial charge in [0.05, 0.1) is 19.9 Å². The number of rotatable bonds is 2. The smallest absolute Gasteiger partial charge is 0.356 e. The number of fused-ring (bicyclic) bond motifs is 1. The fraction of sp³-hybridized carbons (Fsp3) is 0.300. The van der Waals surface area contributed by atoms with Gasteiger partial charge in [-0.1, -0.05) is 0 Å². The predicted molar refractivity (Wildman–Crippen MR) is 55.6 cm³/mol. The Morgan fingerprint density at radius 1 is 1.44 bits per heavy atom. The van der Waals surface area contributed by atoms with Gasteiger partial charge in [0, 0.05) is 12.4 Å². The van der Waals surface area contributed by atoms with Crippen LogP contribution in [0.1, 0.15) is 16.2 Å². The molecule has 16 heavy (non-hydrogen) atoms. The highest BCUT2D eigenvalue weighted by Crippen LogP contribution is 2.19. The van der Waals surface area contributed by atoms with E-state index in [1.165, 1.54) is 14.2 Å². The molecule has 0 unspecified atom stereocenters. The first-order valence-electron chi connectivity index (χ1n) is 4.65. The third-order valence-corrected chi connectivity index (χ3v) is 2.26. The molecule has 0 saturated carbocycles. The lowest BCUT2D eigenvalue weighted by molar-refractivity contribution is 0.0592. The molecule has 0 aliphatic rings. The van der Waals surface area contributed by atoms with Gasteiger partial charge >= 0.3 is 5.97 Å². The largest absolute Gasteiger partial charge is 0.478 e. The lowest BCUT2D eigenvalue weighted by Gasteiger charge is -2.02. The fourth-order valence-electron chi connectivity index (χ4n) is 1.55. The molecule has 0 N–H and O–H groups in total. The molecule has 0 fully saturated rings. The second kappa shape index (κ2) is 3.80. The summed E-state index contributed by atoms with van der Waals surface area (Å²) in [5.74, 6) is -0.0565. The second-order valence-corrected chi connectivity index (χ2v) is 3.17. The number of carbonyl (C=O) groups excluding carboxylic acids is 1. The van der Waals surface area contributed by atoms with Crippen molar-refractivity contribution in [1.29, 1.82) is 0 Å². The summed E-state index contributed by atoms with van der Waals surface area (Å²) in [5.41, 5.74) is 1.47. The van der Waals surface area contributed by atoms with Crippen LogP contribution in [0.25, 0.3) is 5.65 Å². The quantitative estimate of drug-likeness (QED) is 0.703. The van der Waals surface area contributed by atoms with Crippen molar-refractivity contribution in [2.45, 2.75) is 6.92 Å². The van der Waals surface area contributed by atoms with Gasteiger partial charge in [-0.3, -0.25) is 4.40 Å². The standard InChI is InChI=1S/C10H11N3O3/c1-6-7(10(14)16-3)13-5-4-11-9(15-2)8(13)12-6/h4-5H,1-3H3. The summed E-state index contributed by atoms with van der Waals surface area (Å²) in [6.45, 7) is 1.73. The number of carbonyl (C=O) groups is 1. The van der Waals surface area contributed by atoms with Gasteiger partial charge in [-0.25, -0.2) is 14.8 Å². The SMILES string of the molecule is COC(=O)c1c(C)nc2c(OC)nccn12. The number of hydrogen-bond acceptors (Lipinski definition) is 5. The molecule has 0 aliphatic heterocycles. The number of nitrogens with zero attached hydrogens (tertiary/aromatic N) is 3. The zero-order valence-corrected chi connectivity index (χ0v) is 9.22. The van der Waals surface area contributed by atoms with Crippen LogP contribution in [0.3, 0.4) is 0 Å². The molecule has 0 atom stereocenters. The molecule has 2 aromatic heterocycles. The van der Waals surface area contributed by atoms with Gasteiger partial charge in [0.15, 0.2) is 5.69 Å². The zero-order valence-electron chi connectivity index (χ0n) is 9.22. The highest BCUT2D eigenvalue weighted by molar-refractivity contribution is 5.90. The fourth-order valence-corrected chi connectivity index (χ4v) is 1.55. The van der Waals surface area contributed by atoms with Crippen LogP contribution in [0.15, 0.2) is 12.4 Å². The van der Waals surface area contributed by atoms with Crippen LogP contribution >= 0.6 is 0 Å². The maximum Gasteiger partial charge on any atom is 0.356 e. The van der Waals surface area contributed by atoms with Crippen LogP contribution < -0.4 is 4.74 Å². The summed E-state index contributed by atoms with van der Waals surface area (Å²) in [6, 6.07) is 0. The molecule has 0 aromatic carbocycles. The minimum Gasteiger partial charge on any atom is -0.478 e. The monoisotopic (exact) mass is 221 g/mol. The lowest BCUT2D eigenvalue weighted by Crippen LogP contribution is -2.07. The Morgan fingerprint density at radius 3 is 2.81 bits per heavy atom. The molecule has 0 amide bonds. The Bertz CT molecular complexity index is 547. The van der Waals surface area contributed by atoms with E-state index in [9.17, 15) is 4.79 Å². The third-order valence-electron chi connectivity index (χ3n) is 2.26. The van der Waals surface area contributed by atoms with E-state index in [1.807, 2.05) is 0 Å². The van der Waals surface area contributed by atoms with Crippen molar-refractivity contribution < 1.29 is 14.3 Å². The van der Waals surface area contributed by atoms with Crippen LogP contribution in [0, 0.1) is 6.92 Å². The number of hydrogen-bond donors (Lipinski definition) is 0. The van der Waals surface area contributed by atoms with Crippen molar-refractivity contribution in [2.24, 2.45) is 0 Å². The summed E-state index contributed by atoms with van der Waals surface area (Å²) < 4.78 is 11.4. The molecule has 6 heteroatoms. The number of ether oxygens (including phenoxy) is 2. The Morgan fingerprint density at radius 2 is 2.19 bits per heavy atom. The average molecular weight is 221 g/mol. The molecule has 2 aromatic rings. The first kappa shape index (κ1) is 10.4. The topological polar surface area (TPSA) is 65.7 Å². The Kier molecular flexibility index (Phi) is 2.47. The van der Waals surface area contributed by atoms with Crippen LogP contribution in [-0.4, -0.2) is 34.6 Å². The first-order chi connectivity index (χ1) is 7.69. The van der Waals surface area contributed by atoms with Crippen LogP contribution in [0.2, 0.25) is 0 Å². The predicted octanol–water partition coefficient (Wildman–Crippen LogP) is 0.833. The van der Waals surface area contributed by atoms with Crippen molar-refractivity contribution in [2.75, 3.05) is 14.2 Å². The van der Waals surface area contributed by atoms with E-state index in [0.29, 0.717) is 22.9 Å². The summed E-state index contributed by atoms with van der Waals surface area (Å²) in [6.07, 6.45) is 3.18. The van der Waals surface area contributed by atoms with Crippen molar-refractivity contribution >= 4 is 11.6 Å². The number of imidazole rings is 1. The molecule has 0 radical (unpaired) electrons. The third kappa shape index (κ3) is 1.39. The normalized spacial score (nSPS) is 10.4. The van der Waals surface area contributed by atoms with E-state index in [4.69, 9.17) is 9.47 Å². The highest BCUT2D eigenvalue weighted by atomic mass is 16.5. The number of aromatic nitrogens is 3. The second-order valence-electron chi connectivity index (χ2n) is 3.17. The number of aryl methyl sites for hydroxylation is 1. The highest BCUT2D eigenvalue weighted by Gasteiger charge is 2.19. The summed E-state index contributed by atoms with van der Waals surface area (Å²) in [7, 11) is 2.84. The average Bonchev–Trinajstić information content (AvgIpc) is 2.63. The molecule has 84 valence electrons. The van der Waals surface area contributed by atoms with Crippen molar-refractivity contribution in [3.05, 3.63) is 23.8 Å². The molecule has 0 saturated heterocycles. The van der Waals surface area contributed by atoms with Gasteiger partial charge in [0.25, 0.3) is 5.88 Å². The maximum atomic E-state index is 11.6. The number of esters is 1. The molecule has 0 bridgehead atoms. The van der Waals surface area contributed by atoms with Gasteiger partial charge in [0.1, 0.15) is 0 Å². The van der Waals surface area contributed by atoms with E-state index < -0.39 is 5.97 Å². The minimum absolute atomic E-state index is 0.376. The van der Waals surface area contributed by atoms with Crippen LogP contribution in [0.4, 0.5) is 0 Å². The molecule has 2 heterocycles. The number of methoxy groups -OCH3 is 2. The lowest BCUT2D eigenvalue weighted by atomic mass is 10.3. The van der Waals surface area contributed by atoms with Gasteiger partial charge in [0.2, 0.25) is 5.65 Å². The van der Waals surface area contributed by atoms with Crippen LogP contribution in [0.5, 0.6) is 5.88 Å². The van der Waals surface area contributed by atoms with E-state index in [1.54, 1.807) is 23.7 Å². The summed E-state index contributed by atoms with van der Waals surface area (Å²) >= 11 is 0. The van der Waals surface area contributed by atoms with E-state index in [0.717, 1.165) is 0 Å². The molecule has 0 spiro atoms.